The molecule has 0 aliphatic rings. The first-order chi connectivity index (χ1) is 15.7. The third-order valence-corrected chi connectivity index (χ3v) is 7.54. The van der Waals surface area contributed by atoms with E-state index in [9.17, 15) is 0 Å². The minimum Gasteiger partial charge on any atom is -0.0654 e. The van der Waals surface area contributed by atoms with Crippen LogP contribution in [0.4, 0.5) is 0 Å². The number of unbranched alkanes of at least 4 members (excludes halogenated alkanes) is 19. The van der Waals surface area contributed by atoms with Crippen LogP contribution in [0.25, 0.3) is 0 Å². The van der Waals surface area contributed by atoms with Gasteiger partial charge in [0, 0.05) is 1.37 Å². The molecule has 0 saturated heterocycles. The quantitative estimate of drug-likeness (QED) is 0.118. The van der Waals surface area contributed by atoms with Gasteiger partial charge in [0.25, 0.3) is 0 Å². The summed E-state index contributed by atoms with van der Waals surface area (Å²) in [6.07, 6.45) is 35.8. The highest BCUT2D eigenvalue weighted by Gasteiger charge is 2.03. The Morgan fingerprint density at radius 2 is 0.710 bits per heavy atom. The second-order valence-corrected chi connectivity index (χ2v) is 10.9. The monoisotopic (exact) mass is 438 g/mol. The van der Waals surface area contributed by atoms with Crippen molar-refractivity contribution in [1.29, 1.82) is 0 Å². The highest BCUT2D eigenvalue weighted by molar-refractivity contribution is 4.57. The van der Waals surface area contributed by atoms with E-state index < -0.39 is 0 Å². The number of hydrogen-bond acceptors (Lipinski definition) is 0. The summed E-state index contributed by atoms with van der Waals surface area (Å²) < 4.78 is 7.15. The van der Waals surface area contributed by atoms with Gasteiger partial charge in [-0.3, -0.25) is 0 Å². The Labute approximate surface area is 201 Å². The van der Waals surface area contributed by atoms with Crippen LogP contribution < -0.4 is 0 Å². The van der Waals surface area contributed by atoms with Crippen LogP contribution in [0, 0.1) is 11.8 Å². The molecule has 0 aliphatic carbocycles. The molecule has 0 aliphatic heterocycles. The third kappa shape index (κ3) is 26.1. The summed E-state index contributed by atoms with van der Waals surface area (Å²) in [6.45, 7) is 7.83. The van der Waals surface area contributed by atoms with Crippen LogP contribution >= 0.6 is 0 Å². The van der Waals surface area contributed by atoms with Crippen molar-refractivity contribution in [2.24, 2.45) is 11.8 Å². The molecule has 0 nitrogen and oxygen atoms in total. The minimum atomic E-state index is 0.623. The van der Waals surface area contributed by atoms with E-state index in [-0.39, 0.29) is 0 Å². The molecule has 0 bridgehead atoms. The van der Waals surface area contributed by atoms with Gasteiger partial charge in [0.15, 0.2) is 0 Å². The molecule has 0 rings (SSSR count). The fourth-order valence-corrected chi connectivity index (χ4v) is 4.83. The Morgan fingerprint density at radius 1 is 0.419 bits per heavy atom. The predicted molar refractivity (Wildman–Crippen MR) is 145 cm³/mol. The maximum atomic E-state index is 7.15. The molecule has 31 heavy (non-hydrogen) atoms. The number of hydrogen-bond donors (Lipinski definition) is 0. The molecule has 0 spiro atoms. The van der Waals surface area contributed by atoms with E-state index in [0.29, 0.717) is 6.90 Å². The van der Waals surface area contributed by atoms with E-state index in [2.05, 4.69) is 20.8 Å². The summed E-state index contributed by atoms with van der Waals surface area (Å²) in [5.41, 5.74) is 0. The van der Waals surface area contributed by atoms with Crippen LogP contribution in [-0.2, 0) is 0 Å². The van der Waals surface area contributed by atoms with Crippen molar-refractivity contribution < 1.29 is 1.37 Å². The molecule has 188 valence electrons. The molecule has 0 saturated carbocycles. The summed E-state index contributed by atoms with van der Waals surface area (Å²) in [7, 11) is 0. The standard InChI is InChI=1S/C31H64/c1-5-7-8-9-10-11-12-13-14-15-16-17-18-19-21-25-28-31(4)29-26-23-20-22-24-27-30(3)6-2/h30-31H,5-29H2,1-4H3/i1D. The second kappa shape index (κ2) is 26.3. The molecule has 0 amide bonds. The van der Waals surface area contributed by atoms with Crippen LogP contribution in [0.5, 0.6) is 0 Å². The molecule has 0 fully saturated rings. The predicted octanol–water partition coefficient (Wildman–Crippen LogP) is 12.1. The Balaban J connectivity index is 3.14. The SMILES string of the molecule is [2H]CCCCCCCCCCCCCCCCCCC(C)CCCCCCCC(C)CC. The minimum absolute atomic E-state index is 0.623. The van der Waals surface area contributed by atoms with Gasteiger partial charge in [-0.25, -0.2) is 0 Å². The van der Waals surface area contributed by atoms with Crippen molar-refractivity contribution >= 4 is 0 Å². The topological polar surface area (TPSA) is 0 Å². The van der Waals surface area contributed by atoms with Crippen LogP contribution in [0.1, 0.15) is 190 Å². The molecule has 0 aromatic rings. The maximum absolute atomic E-state index is 7.15. The van der Waals surface area contributed by atoms with Gasteiger partial charge in [0.05, 0.1) is 0 Å². The summed E-state index contributed by atoms with van der Waals surface area (Å²) in [5.74, 6) is 1.90. The molecule has 0 radical (unpaired) electrons. The fraction of sp³-hybridized carbons (Fsp3) is 1.00. The Bertz CT molecular complexity index is 326. The van der Waals surface area contributed by atoms with Crippen LogP contribution in [0.2, 0.25) is 0 Å². The lowest BCUT2D eigenvalue weighted by Gasteiger charge is -2.11. The molecule has 0 N–H and O–H groups in total. The molecule has 0 aromatic heterocycles. The maximum Gasteiger partial charge on any atom is 0.0230 e. The summed E-state index contributed by atoms with van der Waals surface area (Å²) in [4.78, 5) is 0. The van der Waals surface area contributed by atoms with E-state index in [1.54, 1.807) is 0 Å². The van der Waals surface area contributed by atoms with Crippen LogP contribution in [0.15, 0.2) is 0 Å². The van der Waals surface area contributed by atoms with Gasteiger partial charge >= 0.3 is 0 Å². The zero-order chi connectivity index (χ0) is 23.5. The average molecular weight is 438 g/mol. The largest absolute Gasteiger partial charge is 0.0654 e. The first-order valence-corrected chi connectivity index (χ1v) is 15.0. The lowest BCUT2D eigenvalue weighted by Crippen LogP contribution is -1.95. The number of rotatable bonds is 26. The van der Waals surface area contributed by atoms with Gasteiger partial charge in [-0.05, 0) is 11.8 Å². The highest BCUT2D eigenvalue weighted by Crippen LogP contribution is 2.20. The molecule has 0 heteroatoms. The van der Waals surface area contributed by atoms with E-state index in [4.69, 9.17) is 1.37 Å². The second-order valence-electron chi connectivity index (χ2n) is 10.9. The summed E-state index contributed by atoms with van der Waals surface area (Å²) >= 11 is 0. The van der Waals surface area contributed by atoms with Gasteiger partial charge in [-0.1, -0.05) is 188 Å². The Morgan fingerprint density at radius 3 is 1.03 bits per heavy atom. The lowest BCUT2D eigenvalue weighted by molar-refractivity contribution is 0.425. The van der Waals surface area contributed by atoms with Crippen LogP contribution in [-0.4, -0.2) is 0 Å². The summed E-state index contributed by atoms with van der Waals surface area (Å²) in [6, 6.07) is 0. The van der Waals surface area contributed by atoms with Crippen molar-refractivity contribution in [2.45, 2.75) is 188 Å². The van der Waals surface area contributed by atoms with Gasteiger partial charge < -0.3 is 0 Å². The van der Waals surface area contributed by atoms with Crippen molar-refractivity contribution in [3.63, 3.8) is 0 Å². The smallest absolute Gasteiger partial charge is 0.0230 e. The Kier molecular flexibility index (Phi) is 24.6. The first kappa shape index (κ1) is 29.0. The van der Waals surface area contributed by atoms with E-state index in [0.717, 1.165) is 18.3 Å². The van der Waals surface area contributed by atoms with Gasteiger partial charge in [0.1, 0.15) is 0 Å². The third-order valence-electron chi connectivity index (χ3n) is 7.54. The van der Waals surface area contributed by atoms with Gasteiger partial charge in [0.2, 0.25) is 0 Å². The van der Waals surface area contributed by atoms with Crippen molar-refractivity contribution in [3.8, 4) is 0 Å². The lowest BCUT2D eigenvalue weighted by atomic mass is 9.95. The Hall–Kier alpha value is 0. The normalized spacial score (nSPS) is 14.0. The molecular weight excluding hydrogens is 372 g/mol. The van der Waals surface area contributed by atoms with Crippen LogP contribution in [0.3, 0.4) is 0 Å². The van der Waals surface area contributed by atoms with Crippen molar-refractivity contribution in [3.05, 3.63) is 0 Å². The van der Waals surface area contributed by atoms with E-state index in [1.165, 1.54) is 154 Å². The zero-order valence-electron chi connectivity index (χ0n) is 23.5. The molecule has 2 unspecified atom stereocenters. The molecular formula is C31H64. The molecule has 0 heterocycles. The van der Waals surface area contributed by atoms with Gasteiger partial charge in [-0.2, -0.15) is 0 Å². The van der Waals surface area contributed by atoms with Gasteiger partial charge in [-0.15, -0.1) is 0 Å². The van der Waals surface area contributed by atoms with Crippen molar-refractivity contribution in [1.82, 2.24) is 0 Å². The van der Waals surface area contributed by atoms with Crippen molar-refractivity contribution in [2.75, 3.05) is 0 Å². The van der Waals surface area contributed by atoms with E-state index in [1.807, 2.05) is 0 Å². The molecule has 0 aromatic carbocycles. The first-order valence-electron chi connectivity index (χ1n) is 15.7. The summed E-state index contributed by atoms with van der Waals surface area (Å²) in [5, 5.41) is 0. The fourth-order valence-electron chi connectivity index (χ4n) is 4.83. The molecule has 2 atom stereocenters. The average Bonchev–Trinajstić information content (AvgIpc) is 2.80. The van der Waals surface area contributed by atoms with E-state index >= 15 is 0 Å². The zero-order valence-corrected chi connectivity index (χ0v) is 22.5. The highest BCUT2D eigenvalue weighted by atomic mass is 14.1.